The van der Waals surface area contributed by atoms with Gasteiger partial charge in [-0.3, -0.25) is 0 Å². The molecule has 1 fully saturated rings. The highest BCUT2D eigenvalue weighted by Crippen LogP contribution is 2.46. The molecule has 1 aliphatic heterocycles. The van der Waals surface area contributed by atoms with Crippen LogP contribution >= 0.6 is 0 Å². The molecule has 250 valence electrons. The number of ether oxygens (including phenoxy) is 5. The van der Waals surface area contributed by atoms with Crippen LogP contribution < -0.4 is 24.6 Å². The molecule has 1 saturated heterocycles. The lowest BCUT2D eigenvalue weighted by molar-refractivity contribution is -0.277. The molecule has 3 aromatic heterocycles. The number of aromatic nitrogens is 1. The minimum absolute atomic E-state index is 0.0754. The first kappa shape index (κ1) is 31.4. The molecule has 7 rings (SSSR count). The van der Waals surface area contributed by atoms with E-state index >= 15 is 0 Å². The molecule has 0 aliphatic carbocycles. The maximum atomic E-state index is 13.7. The number of phenols is 2. The molecule has 14 heteroatoms. The number of phenolic OH excluding ortho intramolecular Hbond substituents is 2. The van der Waals surface area contributed by atoms with E-state index in [4.69, 9.17) is 28.1 Å². The number of hydrogen-bond acceptors (Lipinski definition) is 13. The topological polar surface area (TPSA) is 202 Å². The van der Waals surface area contributed by atoms with Crippen LogP contribution in [-0.2, 0) is 4.74 Å². The summed E-state index contributed by atoms with van der Waals surface area (Å²) < 4.78 is 35.3. The van der Waals surface area contributed by atoms with E-state index in [9.17, 15) is 35.4 Å². The van der Waals surface area contributed by atoms with E-state index in [1.807, 2.05) is 0 Å². The van der Waals surface area contributed by atoms with Gasteiger partial charge in [-0.2, -0.15) is 0 Å². The molecule has 0 spiro atoms. The Hall–Kier alpha value is -5.25. The minimum atomic E-state index is -1.65. The number of aliphatic hydroxyl groups excluding tert-OH is 4. The number of rotatable bonds is 7. The molecule has 0 amide bonds. The molecule has 48 heavy (non-hydrogen) atoms. The SMILES string of the molecule is COc1cc2c(cc1O)oc(=O)c1c2c(-c2ccc(O[C@@H]3O[C@H](CO)[C@H](O)[C@H](O)[C@H]3O)c(OC)c2)c2c3cc(OC)c(O)cc3ccn21. The molecule has 1 aliphatic rings. The monoisotopic (exact) mass is 661 g/mol. The van der Waals surface area contributed by atoms with Gasteiger partial charge in [0.1, 0.15) is 35.5 Å². The van der Waals surface area contributed by atoms with E-state index in [1.54, 1.807) is 53.1 Å². The number of nitrogens with zero attached hydrogens (tertiary/aromatic N) is 1. The predicted molar refractivity (Wildman–Crippen MR) is 171 cm³/mol. The van der Waals surface area contributed by atoms with E-state index in [-0.39, 0.29) is 45.6 Å². The lowest BCUT2D eigenvalue weighted by Crippen LogP contribution is -2.60. The Balaban J connectivity index is 1.52. The summed E-state index contributed by atoms with van der Waals surface area (Å²) in [7, 11) is 4.23. The standard InChI is InChI=1S/C34H31NO13/c1-43-22-10-16-14(8-18(22)37)6-7-35-28(16)26(27-17-11-23(44-2)19(38)12-21(17)46-33(42)29(27)35)15-4-5-20(24(9-15)45-3)47-34-32(41)31(40)30(39)25(13-36)48-34/h4-12,25,30-32,34,36-41H,13H2,1-3H3/t25-,30+,31+,32-,34-/m1/s1. The van der Waals surface area contributed by atoms with Gasteiger partial charge in [0.25, 0.3) is 0 Å². The van der Waals surface area contributed by atoms with Gasteiger partial charge in [-0.15, -0.1) is 0 Å². The van der Waals surface area contributed by atoms with Crippen molar-refractivity contribution >= 4 is 38.2 Å². The molecule has 6 aromatic rings. The van der Waals surface area contributed by atoms with Crippen LogP contribution in [0.3, 0.4) is 0 Å². The Labute approximate surface area is 270 Å². The maximum absolute atomic E-state index is 13.7. The summed E-state index contributed by atoms with van der Waals surface area (Å²) in [6.07, 6.45) is -5.82. The molecule has 4 heterocycles. The predicted octanol–water partition coefficient (Wildman–Crippen LogP) is 2.63. The third-order valence-corrected chi connectivity index (χ3v) is 8.71. The first-order valence-corrected chi connectivity index (χ1v) is 14.8. The average Bonchev–Trinajstić information content (AvgIpc) is 3.44. The highest BCUT2D eigenvalue weighted by molar-refractivity contribution is 6.22. The average molecular weight is 662 g/mol. The molecule has 5 atom stereocenters. The van der Waals surface area contributed by atoms with Crippen molar-refractivity contribution in [2.75, 3.05) is 27.9 Å². The van der Waals surface area contributed by atoms with Crippen LogP contribution in [0.15, 0.2) is 63.9 Å². The molecule has 14 nitrogen and oxygen atoms in total. The number of aliphatic hydroxyl groups is 4. The van der Waals surface area contributed by atoms with Gasteiger partial charge in [-0.1, -0.05) is 6.07 Å². The Morgan fingerprint density at radius 2 is 1.46 bits per heavy atom. The third kappa shape index (κ3) is 4.72. The number of pyridine rings is 1. The molecule has 6 N–H and O–H groups in total. The second-order valence-electron chi connectivity index (χ2n) is 11.3. The largest absolute Gasteiger partial charge is 0.504 e. The van der Waals surface area contributed by atoms with Gasteiger partial charge in [0.15, 0.2) is 34.5 Å². The molecule has 0 radical (unpaired) electrons. The Morgan fingerprint density at radius 3 is 2.15 bits per heavy atom. The van der Waals surface area contributed by atoms with E-state index in [1.165, 1.54) is 27.4 Å². The van der Waals surface area contributed by atoms with Crippen molar-refractivity contribution in [3.8, 4) is 45.6 Å². The molecular formula is C34H31NO13. The zero-order valence-corrected chi connectivity index (χ0v) is 25.8. The van der Waals surface area contributed by atoms with Crippen LogP contribution in [0.1, 0.15) is 0 Å². The number of benzene rings is 3. The van der Waals surface area contributed by atoms with E-state index < -0.39 is 42.9 Å². The summed E-state index contributed by atoms with van der Waals surface area (Å²) in [6, 6.07) is 12.7. The highest BCUT2D eigenvalue weighted by atomic mass is 16.7. The summed E-state index contributed by atoms with van der Waals surface area (Å²) in [5.74, 6) is 0.335. The Morgan fingerprint density at radius 1 is 0.771 bits per heavy atom. The summed E-state index contributed by atoms with van der Waals surface area (Å²) in [5, 5.41) is 63.8. The third-order valence-electron chi connectivity index (χ3n) is 8.71. The van der Waals surface area contributed by atoms with Crippen molar-refractivity contribution in [1.29, 1.82) is 0 Å². The number of hydrogen-bond donors (Lipinski definition) is 6. The second kappa shape index (κ2) is 11.8. The summed E-state index contributed by atoms with van der Waals surface area (Å²) >= 11 is 0. The van der Waals surface area contributed by atoms with Crippen molar-refractivity contribution < 1.29 is 58.7 Å². The van der Waals surface area contributed by atoms with E-state index in [0.29, 0.717) is 38.2 Å². The molecule has 0 saturated carbocycles. The Kier molecular flexibility index (Phi) is 7.69. The van der Waals surface area contributed by atoms with Gasteiger partial charge < -0.3 is 63.1 Å². The van der Waals surface area contributed by atoms with Crippen molar-refractivity contribution in [2.45, 2.75) is 30.7 Å². The molecule has 3 aromatic carbocycles. The van der Waals surface area contributed by atoms with Crippen LogP contribution in [0.25, 0.3) is 49.3 Å². The second-order valence-corrected chi connectivity index (χ2v) is 11.3. The van der Waals surface area contributed by atoms with Crippen molar-refractivity contribution in [1.82, 2.24) is 4.40 Å². The number of aromatic hydroxyl groups is 2. The van der Waals surface area contributed by atoms with Crippen LogP contribution in [0, 0.1) is 0 Å². The van der Waals surface area contributed by atoms with Gasteiger partial charge in [0.05, 0.1) is 33.5 Å². The van der Waals surface area contributed by atoms with E-state index in [2.05, 4.69) is 0 Å². The smallest absolute Gasteiger partial charge is 0.361 e. The van der Waals surface area contributed by atoms with Crippen LogP contribution in [0.4, 0.5) is 0 Å². The van der Waals surface area contributed by atoms with Gasteiger partial charge in [0.2, 0.25) is 6.29 Å². The van der Waals surface area contributed by atoms with Crippen LogP contribution in [0.5, 0.6) is 34.5 Å². The van der Waals surface area contributed by atoms with Crippen LogP contribution in [-0.4, -0.2) is 93.7 Å². The molecule has 0 unspecified atom stereocenters. The normalized spacial score (nSPS) is 21.3. The summed E-state index contributed by atoms with van der Waals surface area (Å²) in [5.41, 5.74) is 1.26. The molecule has 0 bridgehead atoms. The Bertz CT molecular complexity index is 2270. The van der Waals surface area contributed by atoms with Gasteiger partial charge in [-0.05, 0) is 47.3 Å². The highest BCUT2D eigenvalue weighted by Gasteiger charge is 2.45. The zero-order valence-electron chi connectivity index (χ0n) is 25.8. The summed E-state index contributed by atoms with van der Waals surface area (Å²) in [4.78, 5) is 13.7. The van der Waals surface area contributed by atoms with Gasteiger partial charge >= 0.3 is 5.63 Å². The van der Waals surface area contributed by atoms with E-state index in [0.717, 1.165) is 0 Å². The number of methoxy groups -OCH3 is 3. The van der Waals surface area contributed by atoms with Crippen molar-refractivity contribution in [3.05, 3.63) is 65.1 Å². The van der Waals surface area contributed by atoms with Crippen molar-refractivity contribution in [2.24, 2.45) is 0 Å². The first-order valence-electron chi connectivity index (χ1n) is 14.8. The van der Waals surface area contributed by atoms with Gasteiger partial charge in [0, 0.05) is 34.0 Å². The molecular weight excluding hydrogens is 630 g/mol. The zero-order chi connectivity index (χ0) is 34.0. The lowest BCUT2D eigenvalue weighted by Gasteiger charge is -2.39. The first-order chi connectivity index (χ1) is 23.1. The van der Waals surface area contributed by atoms with Crippen LogP contribution in [0.2, 0.25) is 0 Å². The summed E-state index contributed by atoms with van der Waals surface area (Å²) in [6.45, 7) is -0.628. The fourth-order valence-electron chi connectivity index (χ4n) is 6.34. The maximum Gasteiger partial charge on any atom is 0.361 e. The quantitative estimate of drug-likeness (QED) is 0.137. The van der Waals surface area contributed by atoms with Gasteiger partial charge in [-0.25, -0.2) is 4.79 Å². The number of fused-ring (bicyclic) bond motifs is 7. The fraction of sp³-hybridized carbons (Fsp3) is 0.265. The minimum Gasteiger partial charge on any atom is -0.504 e. The van der Waals surface area contributed by atoms with Crippen molar-refractivity contribution in [3.63, 3.8) is 0 Å². The fourth-order valence-corrected chi connectivity index (χ4v) is 6.34. The lowest BCUT2D eigenvalue weighted by atomic mass is 9.97.